The number of nitrogens with zero attached hydrogens (tertiary/aromatic N) is 1. The summed E-state index contributed by atoms with van der Waals surface area (Å²) in [6.07, 6.45) is 27.9. The Bertz CT molecular complexity index is 836. The molecule has 0 saturated heterocycles. The number of aliphatic hydroxyl groups is 1. The van der Waals surface area contributed by atoms with Gasteiger partial charge in [-0.25, -0.2) is 4.57 Å². The fraction of sp³-hybridized carbons (Fsp3) is 0.923. The number of unbranched alkanes of at least 4 members (excludes halogenated alkanes) is 20. The van der Waals surface area contributed by atoms with Crippen molar-refractivity contribution in [3.8, 4) is 0 Å². The highest BCUT2D eigenvalue weighted by Gasteiger charge is 2.36. The van der Waals surface area contributed by atoms with E-state index in [-0.39, 0.29) is 32.6 Å². The van der Waals surface area contributed by atoms with Crippen LogP contribution in [0, 0.1) is 0 Å². The van der Waals surface area contributed by atoms with E-state index in [2.05, 4.69) is 13.5 Å². The second-order valence-corrected chi connectivity index (χ2v) is 15.3. The SMILES string of the molecule is C=COC(=O)CCCCCCCCCCCOCOCC(CCCCCCCCCCCCCCC)(COP(=O)(O)OCCN(C)CC)OCO. The molecule has 0 aliphatic carbocycles. The molecule has 2 N–H and O–H groups in total. The van der Waals surface area contributed by atoms with Crippen LogP contribution in [0.25, 0.3) is 0 Å². The first-order chi connectivity index (χ1) is 24.7. The molecule has 304 valence electrons. The number of carbonyl (C=O) groups excluding carboxylic acids is 1. The summed E-state index contributed by atoms with van der Waals surface area (Å²) in [5, 5.41) is 9.77. The van der Waals surface area contributed by atoms with Crippen molar-refractivity contribution in [2.45, 2.75) is 174 Å². The van der Waals surface area contributed by atoms with Crippen molar-refractivity contribution >= 4 is 13.8 Å². The van der Waals surface area contributed by atoms with E-state index in [1.807, 2.05) is 18.9 Å². The minimum absolute atomic E-state index is 0.0554. The van der Waals surface area contributed by atoms with Crippen LogP contribution >= 0.6 is 7.82 Å². The summed E-state index contributed by atoms with van der Waals surface area (Å²) in [6, 6.07) is 0. The second-order valence-electron chi connectivity index (χ2n) is 13.9. The van der Waals surface area contributed by atoms with Crippen LogP contribution in [-0.4, -0.2) is 86.6 Å². The molecule has 0 fully saturated rings. The molecule has 0 aromatic rings. The molecule has 0 aromatic carbocycles. The third-order valence-electron chi connectivity index (χ3n) is 9.28. The van der Waals surface area contributed by atoms with Gasteiger partial charge in [-0.2, -0.15) is 0 Å². The van der Waals surface area contributed by atoms with Crippen molar-refractivity contribution in [3.05, 3.63) is 12.8 Å². The Morgan fingerprint density at radius 3 is 1.78 bits per heavy atom. The van der Waals surface area contributed by atoms with E-state index in [0.29, 0.717) is 26.0 Å². The van der Waals surface area contributed by atoms with Crippen LogP contribution in [0.15, 0.2) is 12.8 Å². The summed E-state index contributed by atoms with van der Waals surface area (Å²) in [4.78, 5) is 23.6. The second kappa shape index (κ2) is 36.1. The van der Waals surface area contributed by atoms with Gasteiger partial charge < -0.3 is 33.8 Å². The lowest BCUT2D eigenvalue weighted by molar-refractivity contribution is -0.186. The minimum Gasteiger partial charge on any atom is -0.435 e. The van der Waals surface area contributed by atoms with Gasteiger partial charge in [0, 0.05) is 19.6 Å². The molecule has 0 radical (unpaired) electrons. The quantitative estimate of drug-likeness (QED) is 0.0203. The highest BCUT2D eigenvalue weighted by molar-refractivity contribution is 7.47. The van der Waals surface area contributed by atoms with E-state index in [0.717, 1.165) is 64.3 Å². The Morgan fingerprint density at radius 2 is 1.25 bits per heavy atom. The lowest BCUT2D eigenvalue weighted by Crippen LogP contribution is -2.43. The molecule has 0 bridgehead atoms. The number of hydrogen-bond acceptors (Lipinski definition) is 10. The van der Waals surface area contributed by atoms with Crippen molar-refractivity contribution < 1.29 is 47.4 Å². The molecular weight excluding hydrogens is 673 g/mol. The molecule has 0 aromatic heterocycles. The van der Waals surface area contributed by atoms with E-state index in [1.54, 1.807) is 0 Å². The zero-order valence-electron chi connectivity index (χ0n) is 33.0. The summed E-state index contributed by atoms with van der Waals surface area (Å²) in [7, 11) is -2.42. The van der Waals surface area contributed by atoms with E-state index in [4.69, 9.17) is 28.0 Å². The number of hydrogen-bond donors (Lipinski definition) is 2. The summed E-state index contributed by atoms with van der Waals surface area (Å²) < 4.78 is 45.3. The number of esters is 1. The number of carbonyl (C=O) groups is 1. The standard InChI is InChI=1S/C39H78NO10P/c1-5-8-9-10-11-12-13-14-15-18-21-24-27-30-39(48-36-41,35-50-51(43,44)49-33-31-40(4)6-2)34-46-37-45-32-28-25-22-19-16-17-20-23-26-29-38(42)47-7-3/h7,41H,3,5-6,8-37H2,1-2,4H3,(H,43,44). The molecule has 11 nitrogen and oxygen atoms in total. The first kappa shape index (κ1) is 50.1. The van der Waals surface area contributed by atoms with Crippen LogP contribution in [0.5, 0.6) is 0 Å². The molecule has 0 spiro atoms. The Hall–Kier alpha value is -0.880. The number of ether oxygens (including phenoxy) is 4. The van der Waals surface area contributed by atoms with Crippen molar-refractivity contribution in [1.82, 2.24) is 4.90 Å². The summed E-state index contributed by atoms with van der Waals surface area (Å²) in [5.74, 6) is -0.209. The Labute approximate surface area is 312 Å². The number of phosphoric acid groups is 1. The van der Waals surface area contributed by atoms with Crippen molar-refractivity contribution in [3.63, 3.8) is 0 Å². The third-order valence-corrected chi connectivity index (χ3v) is 10.2. The maximum atomic E-state index is 12.7. The van der Waals surface area contributed by atoms with Crippen LogP contribution < -0.4 is 0 Å². The molecule has 0 amide bonds. The number of phosphoric ester groups is 1. The predicted octanol–water partition coefficient (Wildman–Crippen LogP) is 9.84. The molecule has 2 atom stereocenters. The normalized spacial score (nSPS) is 14.1. The molecule has 0 saturated carbocycles. The van der Waals surface area contributed by atoms with Gasteiger partial charge in [0.15, 0.2) is 0 Å². The fourth-order valence-corrected chi connectivity index (χ4v) is 6.64. The third kappa shape index (κ3) is 33.4. The van der Waals surface area contributed by atoms with Gasteiger partial charge in [0.2, 0.25) is 0 Å². The highest BCUT2D eigenvalue weighted by Crippen LogP contribution is 2.44. The van der Waals surface area contributed by atoms with E-state index in [1.165, 1.54) is 89.7 Å². The maximum Gasteiger partial charge on any atom is 0.472 e. The zero-order valence-corrected chi connectivity index (χ0v) is 33.9. The fourth-order valence-electron chi connectivity index (χ4n) is 5.86. The zero-order chi connectivity index (χ0) is 37.7. The molecule has 0 rings (SSSR count). The first-order valence-corrected chi connectivity index (χ1v) is 21.7. The lowest BCUT2D eigenvalue weighted by atomic mass is 9.96. The topological polar surface area (TPSA) is 133 Å². The largest absolute Gasteiger partial charge is 0.472 e. The van der Waals surface area contributed by atoms with Crippen LogP contribution in [0.2, 0.25) is 0 Å². The first-order valence-electron chi connectivity index (χ1n) is 20.2. The van der Waals surface area contributed by atoms with Gasteiger partial charge in [-0.3, -0.25) is 13.8 Å². The van der Waals surface area contributed by atoms with Gasteiger partial charge in [-0.05, 0) is 32.9 Å². The highest BCUT2D eigenvalue weighted by atomic mass is 31.2. The van der Waals surface area contributed by atoms with Gasteiger partial charge in [-0.15, -0.1) is 0 Å². The monoisotopic (exact) mass is 752 g/mol. The molecular formula is C39H78NO10P. The smallest absolute Gasteiger partial charge is 0.435 e. The summed E-state index contributed by atoms with van der Waals surface area (Å²) in [6.45, 7) is 8.89. The Kier molecular flexibility index (Phi) is 35.5. The van der Waals surface area contributed by atoms with Crippen molar-refractivity contribution in [2.75, 3.05) is 60.2 Å². The average molecular weight is 752 g/mol. The molecule has 0 heterocycles. The van der Waals surface area contributed by atoms with Crippen molar-refractivity contribution in [2.24, 2.45) is 0 Å². The van der Waals surface area contributed by atoms with Gasteiger partial charge in [-0.1, -0.05) is 149 Å². The van der Waals surface area contributed by atoms with Gasteiger partial charge in [0.25, 0.3) is 0 Å². The van der Waals surface area contributed by atoms with E-state index < -0.39 is 20.2 Å². The predicted molar refractivity (Wildman–Crippen MR) is 205 cm³/mol. The van der Waals surface area contributed by atoms with E-state index >= 15 is 0 Å². The van der Waals surface area contributed by atoms with Crippen LogP contribution in [-0.2, 0) is 37.4 Å². The van der Waals surface area contributed by atoms with Gasteiger partial charge in [0.1, 0.15) is 19.2 Å². The summed E-state index contributed by atoms with van der Waals surface area (Å²) in [5.41, 5.74) is -1.10. The molecule has 0 aliphatic heterocycles. The number of likely N-dealkylation sites (N-methyl/N-ethyl adjacent to an activating group) is 1. The van der Waals surface area contributed by atoms with Crippen LogP contribution in [0.1, 0.15) is 168 Å². The molecule has 0 aliphatic rings. The van der Waals surface area contributed by atoms with Crippen LogP contribution in [0.3, 0.4) is 0 Å². The summed E-state index contributed by atoms with van der Waals surface area (Å²) >= 11 is 0. The van der Waals surface area contributed by atoms with Gasteiger partial charge >= 0.3 is 13.8 Å². The number of rotatable bonds is 41. The molecule has 51 heavy (non-hydrogen) atoms. The maximum absolute atomic E-state index is 12.7. The average Bonchev–Trinajstić information content (AvgIpc) is 3.11. The Balaban J connectivity index is 4.48. The lowest BCUT2D eigenvalue weighted by Gasteiger charge is -2.33. The van der Waals surface area contributed by atoms with E-state index in [9.17, 15) is 19.4 Å². The van der Waals surface area contributed by atoms with Gasteiger partial charge in [0.05, 0.1) is 26.1 Å². The molecule has 2 unspecified atom stereocenters. The Morgan fingerprint density at radius 1 is 0.725 bits per heavy atom. The van der Waals surface area contributed by atoms with Crippen LogP contribution in [0.4, 0.5) is 0 Å². The number of aliphatic hydroxyl groups excluding tert-OH is 1. The van der Waals surface area contributed by atoms with Crippen molar-refractivity contribution in [1.29, 1.82) is 0 Å². The minimum atomic E-state index is -4.33. The molecule has 12 heteroatoms.